The number of aromatic carboxylic acids is 1. The highest BCUT2D eigenvalue weighted by Gasteiger charge is 2.14. The van der Waals surface area contributed by atoms with Crippen molar-refractivity contribution in [2.75, 3.05) is 11.9 Å². The highest BCUT2D eigenvalue weighted by molar-refractivity contribution is 6.04. The molecular formula is C13H14N2O3. The first-order valence-corrected chi connectivity index (χ1v) is 5.62. The second-order valence-electron chi connectivity index (χ2n) is 4.10. The van der Waals surface area contributed by atoms with Crippen molar-refractivity contribution in [2.24, 2.45) is 0 Å². The quantitative estimate of drug-likeness (QED) is 0.765. The van der Waals surface area contributed by atoms with Crippen molar-refractivity contribution in [2.45, 2.75) is 13.0 Å². The second-order valence-corrected chi connectivity index (χ2v) is 4.10. The third-order valence-corrected chi connectivity index (χ3v) is 2.58. The Kier molecular flexibility index (Phi) is 3.43. The Morgan fingerprint density at radius 3 is 2.83 bits per heavy atom. The lowest BCUT2D eigenvalue weighted by molar-refractivity contribution is 0.0697. The molecule has 0 fully saturated rings. The van der Waals surface area contributed by atoms with Gasteiger partial charge in [0.25, 0.3) is 0 Å². The van der Waals surface area contributed by atoms with E-state index in [-0.39, 0.29) is 12.1 Å². The SMILES string of the molecule is CC(O)CNc1c(C(=O)O)cnc2ccccc12. The molecule has 5 heteroatoms. The molecule has 0 amide bonds. The molecule has 18 heavy (non-hydrogen) atoms. The van der Waals surface area contributed by atoms with Gasteiger partial charge in [-0.25, -0.2) is 4.79 Å². The number of hydrogen-bond donors (Lipinski definition) is 3. The first kappa shape index (κ1) is 12.3. The molecule has 0 aliphatic rings. The van der Waals surface area contributed by atoms with Gasteiger partial charge in [-0.15, -0.1) is 0 Å². The first-order chi connectivity index (χ1) is 8.59. The maximum absolute atomic E-state index is 11.2. The van der Waals surface area contributed by atoms with Crippen LogP contribution in [0.1, 0.15) is 17.3 Å². The Bertz CT molecular complexity index is 581. The van der Waals surface area contributed by atoms with E-state index < -0.39 is 12.1 Å². The molecule has 1 aromatic heterocycles. The average molecular weight is 246 g/mol. The summed E-state index contributed by atoms with van der Waals surface area (Å²) in [6, 6.07) is 7.28. The van der Waals surface area contributed by atoms with E-state index in [4.69, 9.17) is 5.11 Å². The number of carboxylic acids is 1. The molecule has 0 bridgehead atoms. The molecule has 1 atom stereocenters. The van der Waals surface area contributed by atoms with Gasteiger partial charge in [-0.2, -0.15) is 0 Å². The molecule has 2 aromatic rings. The molecule has 0 saturated carbocycles. The Labute approximate surface area is 104 Å². The van der Waals surface area contributed by atoms with Gasteiger partial charge in [0.2, 0.25) is 0 Å². The summed E-state index contributed by atoms with van der Waals surface area (Å²) in [5, 5.41) is 22.1. The van der Waals surface area contributed by atoms with Crippen LogP contribution in [0.15, 0.2) is 30.5 Å². The number of nitrogens with zero attached hydrogens (tertiary/aromatic N) is 1. The van der Waals surface area contributed by atoms with Gasteiger partial charge in [0.15, 0.2) is 0 Å². The summed E-state index contributed by atoms with van der Waals surface area (Å²) in [5.74, 6) is -1.04. The van der Waals surface area contributed by atoms with Crippen LogP contribution >= 0.6 is 0 Å². The van der Waals surface area contributed by atoms with Gasteiger partial charge >= 0.3 is 5.97 Å². The molecule has 2 rings (SSSR count). The normalized spacial score (nSPS) is 12.3. The molecule has 1 aromatic carbocycles. The fraction of sp³-hybridized carbons (Fsp3) is 0.231. The summed E-state index contributed by atoms with van der Waals surface area (Å²) in [5.41, 5.74) is 1.32. The van der Waals surface area contributed by atoms with E-state index in [0.717, 1.165) is 10.9 Å². The number of carboxylic acid groups (broad SMARTS) is 1. The van der Waals surface area contributed by atoms with Gasteiger partial charge in [0, 0.05) is 18.1 Å². The van der Waals surface area contributed by atoms with Crippen LogP contribution in [-0.2, 0) is 0 Å². The molecule has 0 saturated heterocycles. The van der Waals surface area contributed by atoms with Crippen LogP contribution in [0, 0.1) is 0 Å². The van der Waals surface area contributed by atoms with Gasteiger partial charge in [-0.05, 0) is 13.0 Å². The zero-order valence-corrected chi connectivity index (χ0v) is 9.92. The fourth-order valence-electron chi connectivity index (χ4n) is 1.74. The van der Waals surface area contributed by atoms with E-state index in [2.05, 4.69) is 10.3 Å². The number of aliphatic hydroxyl groups excluding tert-OH is 1. The Balaban J connectivity index is 2.55. The van der Waals surface area contributed by atoms with Crippen LogP contribution in [0.4, 0.5) is 5.69 Å². The van der Waals surface area contributed by atoms with E-state index in [1.54, 1.807) is 13.0 Å². The van der Waals surface area contributed by atoms with Crippen LogP contribution in [0.5, 0.6) is 0 Å². The van der Waals surface area contributed by atoms with Crippen molar-refractivity contribution >= 4 is 22.6 Å². The highest BCUT2D eigenvalue weighted by Crippen LogP contribution is 2.25. The van der Waals surface area contributed by atoms with E-state index in [0.29, 0.717) is 5.69 Å². The number of anilines is 1. The lowest BCUT2D eigenvalue weighted by atomic mass is 10.1. The average Bonchev–Trinajstić information content (AvgIpc) is 2.35. The molecule has 3 N–H and O–H groups in total. The van der Waals surface area contributed by atoms with E-state index in [1.807, 2.05) is 18.2 Å². The number of fused-ring (bicyclic) bond motifs is 1. The number of aromatic nitrogens is 1. The van der Waals surface area contributed by atoms with E-state index >= 15 is 0 Å². The summed E-state index contributed by atoms with van der Waals surface area (Å²) in [6.45, 7) is 1.92. The molecule has 5 nitrogen and oxygen atoms in total. The minimum absolute atomic E-state index is 0.106. The van der Waals surface area contributed by atoms with Crippen molar-refractivity contribution in [3.05, 3.63) is 36.0 Å². The number of benzene rings is 1. The third kappa shape index (κ3) is 2.41. The monoisotopic (exact) mass is 246 g/mol. The van der Waals surface area contributed by atoms with Crippen LogP contribution in [0.2, 0.25) is 0 Å². The minimum Gasteiger partial charge on any atom is -0.478 e. The molecule has 0 aliphatic carbocycles. The van der Waals surface area contributed by atoms with Crippen molar-refractivity contribution in [3.63, 3.8) is 0 Å². The second kappa shape index (κ2) is 5.01. The summed E-state index contributed by atoms with van der Waals surface area (Å²) in [7, 11) is 0. The molecule has 0 radical (unpaired) electrons. The molecule has 94 valence electrons. The first-order valence-electron chi connectivity index (χ1n) is 5.62. The number of rotatable bonds is 4. The van der Waals surface area contributed by atoms with Gasteiger partial charge in [-0.1, -0.05) is 18.2 Å². The smallest absolute Gasteiger partial charge is 0.339 e. The standard InChI is InChI=1S/C13H14N2O3/c1-8(16)6-15-12-9-4-2-3-5-11(9)14-7-10(12)13(17)18/h2-5,7-8,16H,6H2,1H3,(H,14,15)(H,17,18). The molecular weight excluding hydrogens is 232 g/mol. The largest absolute Gasteiger partial charge is 0.478 e. The number of para-hydroxylation sites is 1. The van der Waals surface area contributed by atoms with E-state index in [1.165, 1.54) is 6.20 Å². The predicted octanol–water partition coefficient (Wildman–Crippen LogP) is 1.73. The zero-order chi connectivity index (χ0) is 13.1. The van der Waals surface area contributed by atoms with Gasteiger partial charge in [0.05, 0.1) is 17.3 Å². The van der Waals surface area contributed by atoms with Gasteiger partial charge < -0.3 is 15.5 Å². The molecule has 0 spiro atoms. The molecule has 1 unspecified atom stereocenters. The minimum atomic E-state index is -1.04. The fourth-order valence-corrected chi connectivity index (χ4v) is 1.74. The number of nitrogens with one attached hydrogen (secondary N) is 1. The lowest BCUT2D eigenvalue weighted by Crippen LogP contribution is -2.17. The third-order valence-electron chi connectivity index (χ3n) is 2.58. The molecule has 0 aliphatic heterocycles. The number of aliphatic hydroxyl groups is 1. The summed E-state index contributed by atoms with van der Waals surface area (Å²) < 4.78 is 0. The Morgan fingerprint density at radius 2 is 2.17 bits per heavy atom. The molecule has 1 heterocycles. The van der Waals surface area contributed by atoms with Crippen LogP contribution < -0.4 is 5.32 Å². The van der Waals surface area contributed by atoms with Crippen molar-refractivity contribution in [1.82, 2.24) is 4.98 Å². The van der Waals surface area contributed by atoms with Crippen molar-refractivity contribution < 1.29 is 15.0 Å². The Hall–Kier alpha value is -2.14. The van der Waals surface area contributed by atoms with Crippen molar-refractivity contribution in [3.8, 4) is 0 Å². The van der Waals surface area contributed by atoms with Crippen LogP contribution in [-0.4, -0.2) is 33.8 Å². The van der Waals surface area contributed by atoms with E-state index in [9.17, 15) is 9.90 Å². The maximum Gasteiger partial charge on any atom is 0.339 e. The Morgan fingerprint density at radius 1 is 1.44 bits per heavy atom. The highest BCUT2D eigenvalue weighted by atomic mass is 16.4. The summed E-state index contributed by atoms with van der Waals surface area (Å²) in [6.07, 6.45) is 0.772. The maximum atomic E-state index is 11.2. The van der Waals surface area contributed by atoms with Crippen LogP contribution in [0.3, 0.4) is 0 Å². The summed E-state index contributed by atoms with van der Waals surface area (Å²) in [4.78, 5) is 15.3. The van der Waals surface area contributed by atoms with Crippen LogP contribution in [0.25, 0.3) is 10.9 Å². The zero-order valence-electron chi connectivity index (χ0n) is 9.92. The topological polar surface area (TPSA) is 82.5 Å². The summed E-state index contributed by atoms with van der Waals surface area (Å²) >= 11 is 0. The van der Waals surface area contributed by atoms with Gasteiger partial charge in [-0.3, -0.25) is 4.98 Å². The lowest BCUT2D eigenvalue weighted by Gasteiger charge is -2.13. The number of hydrogen-bond acceptors (Lipinski definition) is 4. The predicted molar refractivity (Wildman–Crippen MR) is 68.9 cm³/mol. The van der Waals surface area contributed by atoms with Gasteiger partial charge in [0.1, 0.15) is 5.56 Å². The number of carbonyl (C=O) groups is 1. The number of pyridine rings is 1. The van der Waals surface area contributed by atoms with Crippen molar-refractivity contribution in [1.29, 1.82) is 0 Å².